The van der Waals surface area contributed by atoms with Crippen LogP contribution in [0, 0.1) is 13.8 Å². The van der Waals surface area contributed by atoms with E-state index in [9.17, 15) is 0 Å². The van der Waals surface area contributed by atoms with Crippen LogP contribution in [0.1, 0.15) is 37.1 Å². The molecule has 1 saturated heterocycles. The molecule has 31 heavy (non-hydrogen) atoms. The van der Waals surface area contributed by atoms with Crippen LogP contribution in [0.5, 0.6) is 0 Å². The summed E-state index contributed by atoms with van der Waals surface area (Å²) in [6, 6.07) is 12.9. The Morgan fingerprint density at radius 3 is 2.29 bits per heavy atom. The van der Waals surface area contributed by atoms with Gasteiger partial charge in [0.05, 0.1) is 0 Å². The summed E-state index contributed by atoms with van der Waals surface area (Å²) in [6.07, 6.45) is 4.84. The number of aromatic nitrogens is 2. The van der Waals surface area contributed by atoms with Crippen molar-refractivity contribution in [1.29, 1.82) is 0 Å². The molecule has 1 aliphatic heterocycles. The van der Waals surface area contributed by atoms with Crippen LogP contribution in [-0.2, 0) is 0 Å². The highest BCUT2D eigenvalue weighted by molar-refractivity contribution is 7.80. The standard InChI is InChI=1S/C23H31N7S/c1-17-16-18(2)25-21(24-17)27-22(28-23(31)26-19-8-6-7-9-19)30-14-12-29(13-15-30)20-10-4-3-5-11-20/h3-5,10-11,16,19H,6-9,12-15H2,1-2H3,(H2,24,25,26,27,28,31). The predicted molar refractivity (Wildman–Crippen MR) is 131 cm³/mol. The van der Waals surface area contributed by atoms with Crippen molar-refractivity contribution >= 4 is 34.9 Å². The summed E-state index contributed by atoms with van der Waals surface area (Å²) in [7, 11) is 0. The van der Waals surface area contributed by atoms with Gasteiger partial charge < -0.3 is 15.1 Å². The van der Waals surface area contributed by atoms with E-state index in [1.54, 1.807) is 0 Å². The molecule has 1 saturated carbocycles. The fourth-order valence-electron chi connectivity index (χ4n) is 4.25. The average Bonchev–Trinajstić information content (AvgIpc) is 3.26. The molecule has 2 aliphatic rings. The van der Waals surface area contributed by atoms with Crippen LogP contribution in [-0.4, -0.2) is 58.2 Å². The van der Waals surface area contributed by atoms with Crippen molar-refractivity contribution in [3.63, 3.8) is 0 Å². The number of hydrogen-bond acceptors (Lipinski definition) is 4. The molecule has 2 heterocycles. The highest BCUT2D eigenvalue weighted by Crippen LogP contribution is 2.18. The van der Waals surface area contributed by atoms with E-state index < -0.39 is 0 Å². The number of aryl methyl sites for hydroxylation is 2. The Hall–Kier alpha value is -2.74. The Bertz CT molecular complexity index is 897. The predicted octanol–water partition coefficient (Wildman–Crippen LogP) is 3.50. The van der Waals surface area contributed by atoms with Crippen molar-refractivity contribution in [1.82, 2.24) is 20.2 Å². The maximum absolute atomic E-state index is 5.59. The van der Waals surface area contributed by atoms with Crippen molar-refractivity contribution in [3.05, 3.63) is 47.8 Å². The van der Waals surface area contributed by atoms with Gasteiger partial charge in [-0.05, 0) is 57.1 Å². The minimum atomic E-state index is 0.435. The summed E-state index contributed by atoms with van der Waals surface area (Å²) in [6.45, 7) is 7.47. The third kappa shape index (κ3) is 5.91. The van der Waals surface area contributed by atoms with Gasteiger partial charge in [0.15, 0.2) is 5.11 Å². The fourth-order valence-corrected chi connectivity index (χ4v) is 4.50. The molecular formula is C23H31N7S. The van der Waals surface area contributed by atoms with Gasteiger partial charge in [0.2, 0.25) is 11.9 Å². The second-order valence-electron chi connectivity index (χ2n) is 8.28. The zero-order valence-electron chi connectivity index (χ0n) is 18.3. The van der Waals surface area contributed by atoms with E-state index in [1.807, 2.05) is 19.9 Å². The monoisotopic (exact) mass is 437 g/mol. The number of nitrogens with zero attached hydrogens (tertiary/aromatic N) is 5. The second-order valence-corrected chi connectivity index (χ2v) is 8.66. The smallest absolute Gasteiger partial charge is 0.229 e. The van der Waals surface area contributed by atoms with Gasteiger partial charge in [-0.1, -0.05) is 31.0 Å². The van der Waals surface area contributed by atoms with Crippen LogP contribution in [0.25, 0.3) is 0 Å². The first kappa shape index (κ1) is 21.5. The average molecular weight is 438 g/mol. The van der Waals surface area contributed by atoms with Crippen molar-refractivity contribution in [2.24, 2.45) is 4.99 Å². The number of benzene rings is 1. The highest BCUT2D eigenvalue weighted by Gasteiger charge is 2.22. The van der Waals surface area contributed by atoms with Crippen molar-refractivity contribution in [2.45, 2.75) is 45.6 Å². The molecule has 0 spiro atoms. The number of piperazine rings is 1. The van der Waals surface area contributed by atoms with Gasteiger partial charge in [-0.25, -0.2) is 9.97 Å². The molecule has 2 fully saturated rings. The molecule has 0 radical (unpaired) electrons. The quantitative estimate of drug-likeness (QED) is 0.433. The lowest BCUT2D eigenvalue weighted by molar-refractivity contribution is 0.385. The summed E-state index contributed by atoms with van der Waals surface area (Å²) in [5.41, 5.74) is 3.11. The molecule has 2 aromatic rings. The molecule has 2 N–H and O–H groups in total. The van der Waals surface area contributed by atoms with E-state index in [1.165, 1.54) is 18.5 Å². The number of aliphatic imine (C=N–C) groups is 1. The van der Waals surface area contributed by atoms with Crippen LogP contribution < -0.4 is 15.5 Å². The minimum Gasteiger partial charge on any atom is -0.368 e. The van der Waals surface area contributed by atoms with Crippen molar-refractivity contribution in [3.8, 4) is 0 Å². The summed E-state index contributed by atoms with van der Waals surface area (Å²) >= 11 is 5.59. The Kier molecular flexibility index (Phi) is 6.96. The molecule has 8 heteroatoms. The first-order chi connectivity index (χ1) is 15.1. The lowest BCUT2D eigenvalue weighted by Crippen LogP contribution is -2.51. The van der Waals surface area contributed by atoms with Gasteiger partial charge in [0.25, 0.3) is 0 Å². The summed E-state index contributed by atoms with van der Waals surface area (Å²) in [5.74, 6) is 1.28. The number of guanidine groups is 1. The molecule has 1 aromatic carbocycles. The van der Waals surface area contributed by atoms with Crippen LogP contribution in [0.15, 0.2) is 41.4 Å². The topological polar surface area (TPSA) is 68.7 Å². The normalized spacial score (nSPS) is 17.7. The zero-order chi connectivity index (χ0) is 21.6. The van der Waals surface area contributed by atoms with Crippen molar-refractivity contribution in [2.75, 3.05) is 36.4 Å². The molecule has 0 unspecified atom stereocenters. The van der Waals surface area contributed by atoms with Crippen LogP contribution in [0.3, 0.4) is 0 Å². The molecule has 4 rings (SSSR count). The van der Waals surface area contributed by atoms with Gasteiger partial charge >= 0.3 is 0 Å². The SMILES string of the molecule is Cc1cc(C)nc(N/C(=N/C(=S)NC2CCCC2)N2CCN(c3ccccc3)CC2)n1. The van der Waals surface area contributed by atoms with Gasteiger partial charge in [0, 0.05) is 49.3 Å². The van der Waals surface area contributed by atoms with Crippen LogP contribution >= 0.6 is 12.2 Å². The van der Waals surface area contributed by atoms with Gasteiger partial charge in [0.1, 0.15) is 0 Å². The lowest BCUT2D eigenvalue weighted by Gasteiger charge is -2.37. The molecule has 0 atom stereocenters. The number of rotatable bonds is 3. The number of nitrogens with one attached hydrogen (secondary N) is 2. The number of thiocarbonyl (C=S) groups is 1. The first-order valence-electron chi connectivity index (χ1n) is 11.1. The summed E-state index contributed by atoms with van der Waals surface area (Å²) < 4.78 is 0. The molecule has 0 bridgehead atoms. The first-order valence-corrected chi connectivity index (χ1v) is 11.5. The Morgan fingerprint density at radius 2 is 1.65 bits per heavy atom. The van der Waals surface area contributed by atoms with Gasteiger partial charge in [-0.15, -0.1) is 0 Å². The van der Waals surface area contributed by atoms with E-state index in [4.69, 9.17) is 17.2 Å². The molecule has 1 aromatic heterocycles. The third-order valence-corrected chi connectivity index (χ3v) is 6.01. The van der Waals surface area contributed by atoms with Crippen LogP contribution in [0.2, 0.25) is 0 Å². The van der Waals surface area contributed by atoms with Gasteiger partial charge in [-0.3, -0.25) is 5.32 Å². The third-order valence-electron chi connectivity index (χ3n) is 5.80. The van der Waals surface area contributed by atoms with Gasteiger partial charge in [-0.2, -0.15) is 4.99 Å². The van der Waals surface area contributed by atoms with E-state index in [-0.39, 0.29) is 0 Å². The summed E-state index contributed by atoms with van der Waals surface area (Å²) in [4.78, 5) is 18.5. The molecule has 0 amide bonds. The Labute approximate surface area is 190 Å². The highest BCUT2D eigenvalue weighted by atomic mass is 32.1. The summed E-state index contributed by atoms with van der Waals surface area (Å²) in [5, 5.41) is 7.30. The van der Waals surface area contributed by atoms with E-state index >= 15 is 0 Å². The number of anilines is 2. The Morgan fingerprint density at radius 1 is 1.00 bits per heavy atom. The largest absolute Gasteiger partial charge is 0.368 e. The van der Waals surface area contributed by atoms with E-state index in [0.717, 1.165) is 50.4 Å². The number of para-hydroxylation sites is 1. The second kappa shape index (κ2) is 10.0. The number of hydrogen-bond donors (Lipinski definition) is 2. The molecular weight excluding hydrogens is 406 g/mol. The maximum Gasteiger partial charge on any atom is 0.229 e. The molecule has 7 nitrogen and oxygen atoms in total. The van der Waals surface area contributed by atoms with Crippen molar-refractivity contribution < 1.29 is 0 Å². The fraction of sp³-hybridized carbons (Fsp3) is 0.478. The zero-order valence-corrected chi connectivity index (χ0v) is 19.2. The molecule has 164 valence electrons. The van der Waals surface area contributed by atoms with E-state index in [2.05, 4.69) is 60.7 Å². The molecule has 1 aliphatic carbocycles. The Balaban J connectivity index is 1.49. The van der Waals surface area contributed by atoms with Crippen LogP contribution in [0.4, 0.5) is 11.6 Å². The lowest BCUT2D eigenvalue weighted by atomic mass is 10.2. The maximum atomic E-state index is 5.59. The minimum absolute atomic E-state index is 0.435. The van der Waals surface area contributed by atoms with E-state index in [0.29, 0.717) is 23.1 Å².